The van der Waals surface area contributed by atoms with Crippen molar-refractivity contribution in [3.05, 3.63) is 81.1 Å². The van der Waals surface area contributed by atoms with E-state index < -0.39 is 5.92 Å². The summed E-state index contributed by atoms with van der Waals surface area (Å²) in [5.41, 5.74) is 8.97. The molecule has 0 radical (unpaired) electrons. The lowest BCUT2D eigenvalue weighted by molar-refractivity contribution is -0.117. The summed E-state index contributed by atoms with van der Waals surface area (Å²) in [6.07, 6.45) is 1.04. The third-order valence-corrected chi connectivity index (χ3v) is 5.51. The second-order valence-electron chi connectivity index (χ2n) is 6.26. The molecule has 1 aliphatic heterocycles. The number of hydrogen-bond donors (Lipinski definition) is 1. The normalized spacial score (nSPS) is 23.1. The molecular weight excluding hydrogens is 332 g/mol. The second-order valence-corrected chi connectivity index (χ2v) is 7.04. The topological polar surface area (TPSA) is 76.1 Å². The number of allylic oxidation sites excluding steroid dienone is 3. The van der Waals surface area contributed by atoms with E-state index >= 15 is 0 Å². The standard InChI is InChI=1S/C20H16N2O2S/c21-10-15-18(13-6-7-25-11-13)19-16(23)8-14(9-17(19)24-20(15)22)12-4-2-1-3-5-12/h1-7,11,14,18H,8-9,22H2/t14-,18+/m1/s1. The number of benzene rings is 1. The van der Waals surface area contributed by atoms with Gasteiger partial charge in [0, 0.05) is 18.4 Å². The molecule has 1 aromatic carbocycles. The number of nitrogens with two attached hydrogens (primary N) is 1. The van der Waals surface area contributed by atoms with E-state index in [1.54, 1.807) is 0 Å². The van der Waals surface area contributed by atoms with Crippen LogP contribution in [0.4, 0.5) is 0 Å². The lowest BCUT2D eigenvalue weighted by Crippen LogP contribution is -2.29. The highest BCUT2D eigenvalue weighted by molar-refractivity contribution is 7.08. The molecule has 2 N–H and O–H groups in total. The maximum absolute atomic E-state index is 13.0. The molecule has 4 nitrogen and oxygen atoms in total. The fourth-order valence-corrected chi connectivity index (χ4v) is 4.33. The number of hydrogen-bond acceptors (Lipinski definition) is 5. The minimum absolute atomic E-state index is 0.0338. The summed E-state index contributed by atoms with van der Waals surface area (Å²) in [7, 11) is 0. The summed E-state index contributed by atoms with van der Waals surface area (Å²) >= 11 is 1.54. The monoisotopic (exact) mass is 348 g/mol. The van der Waals surface area contributed by atoms with Crippen molar-refractivity contribution in [2.24, 2.45) is 5.73 Å². The summed E-state index contributed by atoms with van der Waals surface area (Å²) in [6.45, 7) is 0. The van der Waals surface area contributed by atoms with Gasteiger partial charge in [-0.3, -0.25) is 4.79 Å². The molecule has 1 aromatic heterocycles. The number of carbonyl (C=O) groups excluding carboxylic acids is 1. The van der Waals surface area contributed by atoms with Gasteiger partial charge in [0.2, 0.25) is 5.88 Å². The van der Waals surface area contributed by atoms with Crippen LogP contribution >= 0.6 is 11.3 Å². The van der Waals surface area contributed by atoms with Gasteiger partial charge in [0.1, 0.15) is 17.4 Å². The van der Waals surface area contributed by atoms with Gasteiger partial charge >= 0.3 is 0 Å². The SMILES string of the molecule is N#CC1=C(N)OC2=C(C(=O)C[C@@H](c3ccccc3)C2)[C@H]1c1ccsc1. The maximum atomic E-state index is 13.0. The Labute approximate surface area is 149 Å². The lowest BCUT2D eigenvalue weighted by Gasteiger charge is -2.33. The van der Waals surface area contributed by atoms with Gasteiger partial charge in [-0.05, 0) is 33.9 Å². The number of rotatable bonds is 2. The largest absolute Gasteiger partial charge is 0.444 e. The first kappa shape index (κ1) is 15.7. The van der Waals surface area contributed by atoms with Gasteiger partial charge in [-0.2, -0.15) is 16.6 Å². The van der Waals surface area contributed by atoms with Gasteiger partial charge in [0.05, 0.1) is 5.92 Å². The van der Waals surface area contributed by atoms with Crippen molar-refractivity contribution >= 4 is 17.1 Å². The maximum Gasteiger partial charge on any atom is 0.205 e. The minimum atomic E-state index is -0.413. The third kappa shape index (κ3) is 2.65. The Bertz CT molecular complexity index is 920. The fraction of sp³-hybridized carbons (Fsp3) is 0.200. The predicted octanol–water partition coefficient (Wildman–Crippen LogP) is 3.96. The molecule has 124 valence electrons. The number of carbonyl (C=O) groups is 1. The first-order valence-electron chi connectivity index (χ1n) is 8.10. The Morgan fingerprint density at radius 2 is 1.96 bits per heavy atom. The summed E-state index contributed by atoms with van der Waals surface area (Å²) in [4.78, 5) is 13.0. The zero-order chi connectivity index (χ0) is 17.4. The van der Waals surface area contributed by atoms with E-state index in [9.17, 15) is 10.1 Å². The highest BCUT2D eigenvalue weighted by Gasteiger charge is 2.40. The molecule has 0 unspecified atom stereocenters. The van der Waals surface area contributed by atoms with E-state index in [-0.39, 0.29) is 17.6 Å². The van der Waals surface area contributed by atoms with Gasteiger partial charge in [0.25, 0.3) is 0 Å². The number of nitrogens with zero attached hydrogens (tertiary/aromatic N) is 1. The van der Waals surface area contributed by atoms with E-state index in [4.69, 9.17) is 10.5 Å². The lowest BCUT2D eigenvalue weighted by atomic mass is 9.74. The van der Waals surface area contributed by atoms with Gasteiger partial charge in [-0.15, -0.1) is 0 Å². The van der Waals surface area contributed by atoms with Crippen molar-refractivity contribution in [1.82, 2.24) is 0 Å². The molecule has 2 aliphatic rings. The number of ketones is 1. The van der Waals surface area contributed by atoms with E-state index in [0.29, 0.717) is 29.7 Å². The van der Waals surface area contributed by atoms with Gasteiger partial charge in [-0.1, -0.05) is 30.3 Å². The quantitative estimate of drug-likeness (QED) is 0.891. The Morgan fingerprint density at radius 3 is 2.64 bits per heavy atom. The molecular formula is C20H16N2O2S. The predicted molar refractivity (Wildman–Crippen MR) is 95.4 cm³/mol. The van der Waals surface area contributed by atoms with Crippen LogP contribution in [0.25, 0.3) is 0 Å². The van der Waals surface area contributed by atoms with Crippen LogP contribution in [0, 0.1) is 11.3 Å². The average Bonchev–Trinajstić information content (AvgIpc) is 3.15. The van der Waals surface area contributed by atoms with Crippen LogP contribution in [0.3, 0.4) is 0 Å². The Morgan fingerprint density at radius 1 is 1.16 bits per heavy atom. The molecule has 0 fully saturated rings. The molecule has 2 aromatic rings. The van der Waals surface area contributed by atoms with Gasteiger partial charge in [-0.25, -0.2) is 0 Å². The van der Waals surface area contributed by atoms with E-state index in [0.717, 1.165) is 11.1 Å². The molecule has 0 spiro atoms. The highest BCUT2D eigenvalue weighted by Crippen LogP contribution is 2.46. The molecule has 0 saturated heterocycles. The fourth-order valence-electron chi connectivity index (χ4n) is 3.64. The van der Waals surface area contributed by atoms with Crippen molar-refractivity contribution in [2.45, 2.75) is 24.7 Å². The van der Waals surface area contributed by atoms with Gasteiger partial charge in [0.15, 0.2) is 5.78 Å². The summed E-state index contributed by atoms with van der Waals surface area (Å²) < 4.78 is 5.74. The van der Waals surface area contributed by atoms with Crippen molar-refractivity contribution in [2.75, 3.05) is 0 Å². The van der Waals surface area contributed by atoms with Crippen LogP contribution in [-0.4, -0.2) is 5.78 Å². The Kier molecular flexibility index (Phi) is 3.90. The van der Waals surface area contributed by atoms with Crippen LogP contribution in [0.2, 0.25) is 0 Å². The molecule has 0 saturated carbocycles. The average molecular weight is 348 g/mol. The van der Waals surface area contributed by atoms with Crippen molar-refractivity contribution in [3.8, 4) is 6.07 Å². The number of nitriles is 1. The zero-order valence-corrected chi connectivity index (χ0v) is 14.3. The molecule has 2 atom stereocenters. The minimum Gasteiger partial charge on any atom is -0.444 e. The van der Waals surface area contributed by atoms with Gasteiger partial charge < -0.3 is 10.5 Å². The number of ether oxygens (including phenoxy) is 1. The summed E-state index contributed by atoms with van der Waals surface area (Å²) in [5.74, 6) is 0.416. The smallest absolute Gasteiger partial charge is 0.205 e. The van der Waals surface area contributed by atoms with Crippen LogP contribution in [0.5, 0.6) is 0 Å². The van der Waals surface area contributed by atoms with Crippen LogP contribution in [0.15, 0.2) is 69.9 Å². The number of thiophene rings is 1. The Hall–Kier alpha value is -2.84. The molecule has 2 heterocycles. The highest BCUT2D eigenvalue weighted by atomic mass is 32.1. The van der Waals surface area contributed by atoms with E-state index in [2.05, 4.69) is 6.07 Å². The summed E-state index contributed by atoms with van der Waals surface area (Å²) in [6, 6.07) is 14.0. The van der Waals surface area contributed by atoms with Crippen LogP contribution < -0.4 is 5.73 Å². The molecule has 5 heteroatoms. The van der Waals surface area contributed by atoms with Crippen molar-refractivity contribution < 1.29 is 9.53 Å². The molecule has 0 amide bonds. The molecule has 0 bridgehead atoms. The number of Topliss-reactive ketones (excluding diaryl/α,β-unsaturated/α-hetero) is 1. The van der Waals surface area contributed by atoms with Crippen LogP contribution in [-0.2, 0) is 9.53 Å². The summed E-state index contributed by atoms with van der Waals surface area (Å²) in [5, 5.41) is 13.4. The zero-order valence-electron chi connectivity index (χ0n) is 13.4. The molecule has 25 heavy (non-hydrogen) atoms. The molecule has 1 aliphatic carbocycles. The first-order valence-corrected chi connectivity index (χ1v) is 9.04. The van der Waals surface area contributed by atoms with Crippen molar-refractivity contribution in [1.29, 1.82) is 5.26 Å². The van der Waals surface area contributed by atoms with Crippen LogP contribution in [0.1, 0.15) is 35.8 Å². The Balaban J connectivity index is 1.78. The second kappa shape index (κ2) is 6.23. The van der Waals surface area contributed by atoms with Crippen molar-refractivity contribution in [3.63, 3.8) is 0 Å². The first-order chi connectivity index (χ1) is 12.2. The van der Waals surface area contributed by atoms with E-state index in [1.807, 2.05) is 47.2 Å². The third-order valence-electron chi connectivity index (χ3n) is 4.81. The van der Waals surface area contributed by atoms with E-state index in [1.165, 1.54) is 11.3 Å². The molecule has 4 rings (SSSR count).